The van der Waals surface area contributed by atoms with Gasteiger partial charge >= 0.3 is 6.09 Å². The average Bonchev–Trinajstić information content (AvgIpc) is 2.70. The molecular weight excluding hydrogens is 404 g/mol. The summed E-state index contributed by atoms with van der Waals surface area (Å²) in [5.74, 6) is -0.238. The number of nitrogens with zero attached hydrogens (tertiary/aromatic N) is 1. The van der Waals surface area contributed by atoms with E-state index in [1.165, 1.54) is 5.56 Å². The molecule has 1 heterocycles. The van der Waals surface area contributed by atoms with Crippen molar-refractivity contribution < 1.29 is 14.3 Å². The highest BCUT2D eigenvalue weighted by atomic mass is 16.6. The molecule has 2 aromatic rings. The summed E-state index contributed by atoms with van der Waals surface area (Å²) in [6.07, 6.45) is -0.570. The van der Waals surface area contributed by atoms with E-state index in [1.54, 1.807) is 45.0 Å². The number of nitrogens with one attached hydrogen (secondary N) is 3. The number of rotatable bonds is 5. The first kappa shape index (κ1) is 23.8. The van der Waals surface area contributed by atoms with Crippen LogP contribution in [0.3, 0.4) is 0 Å². The summed E-state index contributed by atoms with van der Waals surface area (Å²) in [6.45, 7) is 13.7. The quantitative estimate of drug-likeness (QED) is 0.642. The van der Waals surface area contributed by atoms with Crippen molar-refractivity contribution in [1.29, 1.82) is 0 Å². The van der Waals surface area contributed by atoms with Crippen LogP contribution < -0.4 is 16.0 Å². The van der Waals surface area contributed by atoms with Gasteiger partial charge in [-0.2, -0.15) is 0 Å². The van der Waals surface area contributed by atoms with Crippen molar-refractivity contribution in [2.24, 2.45) is 0 Å². The molecule has 0 aliphatic carbocycles. The molecule has 1 aliphatic heterocycles. The van der Waals surface area contributed by atoms with Crippen molar-refractivity contribution in [3.05, 3.63) is 59.7 Å². The molecule has 2 amide bonds. The third-order valence-electron chi connectivity index (χ3n) is 5.37. The molecule has 2 aromatic carbocycles. The molecule has 0 aromatic heterocycles. The van der Waals surface area contributed by atoms with Crippen LogP contribution in [-0.4, -0.2) is 47.7 Å². The number of carbonyl (C=O) groups excluding carboxylic acids is 2. The van der Waals surface area contributed by atoms with E-state index < -0.39 is 11.7 Å². The SMILES string of the molecule is CC(C)(C)OC(=O)Nc1ccccc1NC(=O)c1ccc(CN2CCNCC2(C)C)cc1. The molecule has 7 heteroatoms. The number of amides is 2. The van der Waals surface area contributed by atoms with Crippen LogP contribution in [0.1, 0.15) is 50.5 Å². The highest BCUT2D eigenvalue weighted by molar-refractivity contribution is 6.06. The van der Waals surface area contributed by atoms with Crippen LogP contribution in [0.2, 0.25) is 0 Å². The Morgan fingerprint density at radius 1 is 1.03 bits per heavy atom. The number of ether oxygens (including phenoxy) is 1. The predicted octanol–water partition coefficient (Wildman–Crippen LogP) is 4.47. The van der Waals surface area contributed by atoms with Crippen LogP contribution in [-0.2, 0) is 11.3 Å². The Balaban J connectivity index is 1.64. The third kappa shape index (κ3) is 6.55. The minimum atomic E-state index is -0.607. The first-order chi connectivity index (χ1) is 15.0. The summed E-state index contributed by atoms with van der Waals surface area (Å²) < 4.78 is 5.31. The number of benzene rings is 2. The molecule has 0 atom stereocenters. The fourth-order valence-electron chi connectivity index (χ4n) is 3.61. The first-order valence-corrected chi connectivity index (χ1v) is 11.0. The van der Waals surface area contributed by atoms with Crippen molar-refractivity contribution >= 4 is 23.4 Å². The summed E-state index contributed by atoms with van der Waals surface area (Å²) >= 11 is 0. The van der Waals surface area contributed by atoms with Crippen LogP contribution in [0.5, 0.6) is 0 Å². The van der Waals surface area contributed by atoms with Crippen LogP contribution in [0.15, 0.2) is 48.5 Å². The van der Waals surface area contributed by atoms with Gasteiger partial charge in [0.05, 0.1) is 11.4 Å². The lowest BCUT2D eigenvalue weighted by atomic mass is 9.99. The van der Waals surface area contributed by atoms with E-state index in [4.69, 9.17) is 4.74 Å². The molecule has 0 unspecified atom stereocenters. The summed E-state index contributed by atoms with van der Waals surface area (Å²) in [5, 5.41) is 9.02. The molecular formula is C25H34N4O3. The first-order valence-electron chi connectivity index (χ1n) is 11.0. The molecule has 3 rings (SSSR count). The molecule has 0 radical (unpaired) electrons. The van der Waals surface area contributed by atoms with Crippen molar-refractivity contribution in [1.82, 2.24) is 10.2 Å². The minimum absolute atomic E-state index is 0.0964. The van der Waals surface area contributed by atoms with E-state index in [1.807, 2.05) is 24.3 Å². The van der Waals surface area contributed by atoms with Gasteiger partial charge in [0.2, 0.25) is 0 Å². The standard InChI is InChI=1S/C25H34N4O3/c1-24(2,3)32-23(31)28-21-9-7-6-8-20(21)27-22(30)19-12-10-18(11-13-19)16-29-15-14-26-17-25(29,4)5/h6-13,26H,14-17H2,1-5H3,(H,27,30)(H,28,31). The highest BCUT2D eigenvalue weighted by Gasteiger charge is 2.29. The van der Waals surface area contributed by atoms with Crippen LogP contribution in [0.4, 0.5) is 16.2 Å². The van der Waals surface area contributed by atoms with Crippen molar-refractivity contribution in [3.8, 4) is 0 Å². The lowest BCUT2D eigenvalue weighted by Crippen LogP contribution is -2.57. The molecule has 1 saturated heterocycles. The van der Waals surface area contributed by atoms with E-state index in [0.29, 0.717) is 16.9 Å². The zero-order chi connectivity index (χ0) is 23.4. The van der Waals surface area contributed by atoms with Gasteiger partial charge in [-0.05, 0) is 64.4 Å². The zero-order valence-corrected chi connectivity index (χ0v) is 19.6. The molecule has 172 valence electrons. The molecule has 1 fully saturated rings. The Labute approximate surface area is 190 Å². The Bertz CT molecular complexity index is 948. The Morgan fingerprint density at radius 3 is 2.25 bits per heavy atom. The summed E-state index contributed by atoms with van der Waals surface area (Å²) in [6, 6.07) is 14.7. The van der Waals surface area contributed by atoms with E-state index in [-0.39, 0.29) is 11.4 Å². The van der Waals surface area contributed by atoms with Gasteiger partial charge in [0.25, 0.3) is 5.91 Å². The van der Waals surface area contributed by atoms with Gasteiger partial charge < -0.3 is 15.4 Å². The van der Waals surface area contributed by atoms with E-state index in [9.17, 15) is 9.59 Å². The van der Waals surface area contributed by atoms with Crippen LogP contribution in [0.25, 0.3) is 0 Å². The lowest BCUT2D eigenvalue weighted by Gasteiger charge is -2.42. The Kier molecular flexibility index (Phi) is 7.21. The van der Waals surface area contributed by atoms with Gasteiger partial charge in [-0.25, -0.2) is 4.79 Å². The number of hydrogen-bond donors (Lipinski definition) is 3. The van der Waals surface area contributed by atoms with E-state index >= 15 is 0 Å². The largest absolute Gasteiger partial charge is 0.444 e. The summed E-state index contributed by atoms with van der Waals surface area (Å²) in [7, 11) is 0. The fourth-order valence-corrected chi connectivity index (χ4v) is 3.61. The van der Waals surface area contributed by atoms with Gasteiger partial charge in [-0.3, -0.25) is 15.0 Å². The maximum Gasteiger partial charge on any atom is 0.412 e. The average molecular weight is 439 g/mol. The number of para-hydroxylation sites is 2. The molecule has 0 saturated carbocycles. The number of anilines is 2. The molecule has 0 spiro atoms. The van der Waals surface area contributed by atoms with Gasteiger partial charge in [0.15, 0.2) is 0 Å². The van der Waals surface area contributed by atoms with E-state index in [0.717, 1.165) is 26.2 Å². The molecule has 32 heavy (non-hydrogen) atoms. The topological polar surface area (TPSA) is 82.7 Å². The summed E-state index contributed by atoms with van der Waals surface area (Å²) in [5.41, 5.74) is 2.20. The Morgan fingerprint density at radius 2 is 1.66 bits per heavy atom. The maximum atomic E-state index is 12.8. The van der Waals surface area contributed by atoms with Crippen molar-refractivity contribution in [3.63, 3.8) is 0 Å². The molecule has 7 nitrogen and oxygen atoms in total. The van der Waals surface area contributed by atoms with Crippen molar-refractivity contribution in [2.75, 3.05) is 30.3 Å². The smallest absolute Gasteiger partial charge is 0.412 e. The second kappa shape index (κ2) is 9.71. The second-order valence-corrected chi connectivity index (χ2v) is 9.73. The Hall–Kier alpha value is -2.90. The fraction of sp³-hybridized carbons (Fsp3) is 0.440. The van der Waals surface area contributed by atoms with E-state index in [2.05, 4.69) is 34.7 Å². The normalized spacial score (nSPS) is 16.3. The van der Waals surface area contributed by atoms with Gasteiger partial charge in [0, 0.05) is 37.3 Å². The monoisotopic (exact) mass is 438 g/mol. The number of piperazine rings is 1. The van der Waals surface area contributed by atoms with Crippen LogP contribution in [0, 0.1) is 0 Å². The molecule has 1 aliphatic rings. The zero-order valence-electron chi connectivity index (χ0n) is 19.6. The highest BCUT2D eigenvalue weighted by Crippen LogP contribution is 2.23. The van der Waals surface area contributed by atoms with Crippen LogP contribution >= 0.6 is 0 Å². The molecule has 3 N–H and O–H groups in total. The summed E-state index contributed by atoms with van der Waals surface area (Å²) in [4.78, 5) is 27.4. The lowest BCUT2D eigenvalue weighted by molar-refractivity contribution is 0.0635. The molecule has 0 bridgehead atoms. The van der Waals surface area contributed by atoms with Gasteiger partial charge in [-0.1, -0.05) is 24.3 Å². The minimum Gasteiger partial charge on any atom is -0.444 e. The van der Waals surface area contributed by atoms with Gasteiger partial charge in [0.1, 0.15) is 5.60 Å². The number of carbonyl (C=O) groups is 2. The second-order valence-electron chi connectivity index (χ2n) is 9.73. The maximum absolute atomic E-state index is 12.8. The van der Waals surface area contributed by atoms with Crippen molar-refractivity contribution in [2.45, 2.75) is 52.3 Å². The van der Waals surface area contributed by atoms with Gasteiger partial charge in [-0.15, -0.1) is 0 Å². The third-order valence-corrected chi connectivity index (χ3v) is 5.37. The number of hydrogen-bond acceptors (Lipinski definition) is 5. The predicted molar refractivity (Wildman–Crippen MR) is 128 cm³/mol.